The number of nitrogens with zero attached hydrogens (tertiary/aromatic N) is 2. The van der Waals surface area contributed by atoms with Gasteiger partial charge in [-0.25, -0.2) is 4.79 Å². The summed E-state index contributed by atoms with van der Waals surface area (Å²) in [6.07, 6.45) is 0.792. The molecule has 0 fully saturated rings. The zero-order valence-corrected chi connectivity index (χ0v) is 12.8. The average Bonchev–Trinajstić information content (AvgIpc) is 2.75. The molecule has 0 saturated heterocycles. The topological polar surface area (TPSA) is 59.0 Å². The lowest BCUT2D eigenvalue weighted by Crippen LogP contribution is -2.30. The van der Waals surface area contributed by atoms with Gasteiger partial charge in [-0.05, 0) is 44.9 Å². The predicted molar refractivity (Wildman–Crippen MR) is 84.5 cm³/mol. The molecule has 2 aromatic rings. The minimum absolute atomic E-state index is 0.181. The van der Waals surface area contributed by atoms with Crippen LogP contribution in [-0.4, -0.2) is 22.4 Å². The van der Waals surface area contributed by atoms with Crippen LogP contribution in [0.2, 0.25) is 0 Å². The number of benzene rings is 1. The van der Waals surface area contributed by atoms with E-state index in [0.29, 0.717) is 6.54 Å². The fourth-order valence-corrected chi connectivity index (χ4v) is 2.40. The average molecular weight is 286 g/mol. The van der Waals surface area contributed by atoms with Gasteiger partial charge in [-0.3, -0.25) is 4.68 Å². The molecule has 0 spiro atoms. The lowest BCUT2D eigenvalue weighted by molar-refractivity contribution is 0.252. The largest absolute Gasteiger partial charge is 0.338 e. The molecule has 0 saturated carbocycles. The molecular formula is C16H22N4O. The first-order chi connectivity index (χ1) is 10.1. The Hall–Kier alpha value is -2.30. The Labute approximate surface area is 125 Å². The summed E-state index contributed by atoms with van der Waals surface area (Å²) in [5.41, 5.74) is 4.23. The van der Waals surface area contributed by atoms with Crippen molar-refractivity contribution in [2.24, 2.45) is 0 Å². The van der Waals surface area contributed by atoms with Crippen LogP contribution in [0, 0.1) is 13.8 Å². The van der Waals surface area contributed by atoms with Crippen LogP contribution in [0.15, 0.2) is 30.3 Å². The van der Waals surface area contributed by atoms with Gasteiger partial charge in [-0.1, -0.05) is 18.2 Å². The predicted octanol–water partition coefficient (Wildman–Crippen LogP) is 2.88. The first kappa shape index (κ1) is 15.1. The van der Waals surface area contributed by atoms with Crippen molar-refractivity contribution in [2.45, 2.75) is 33.7 Å². The maximum atomic E-state index is 11.8. The van der Waals surface area contributed by atoms with Crippen molar-refractivity contribution in [1.82, 2.24) is 15.1 Å². The third-order valence-corrected chi connectivity index (χ3v) is 3.52. The number of nitrogens with one attached hydrogen (secondary N) is 2. The Morgan fingerprint density at radius 3 is 2.57 bits per heavy atom. The monoisotopic (exact) mass is 286 g/mol. The van der Waals surface area contributed by atoms with E-state index in [1.54, 1.807) is 0 Å². The minimum atomic E-state index is -0.181. The fraction of sp³-hybridized carbons (Fsp3) is 0.375. The lowest BCUT2D eigenvalue weighted by Gasteiger charge is -2.08. The first-order valence-corrected chi connectivity index (χ1v) is 7.24. The first-order valence-electron chi connectivity index (χ1n) is 7.24. The van der Waals surface area contributed by atoms with Gasteiger partial charge in [0.15, 0.2) is 0 Å². The van der Waals surface area contributed by atoms with Crippen molar-refractivity contribution in [3.05, 3.63) is 47.3 Å². The van der Waals surface area contributed by atoms with Crippen LogP contribution in [0.4, 0.5) is 10.5 Å². The number of urea groups is 1. The molecule has 5 heteroatoms. The molecule has 2 rings (SSSR count). The summed E-state index contributed by atoms with van der Waals surface area (Å²) in [4.78, 5) is 11.8. The van der Waals surface area contributed by atoms with E-state index in [4.69, 9.17) is 0 Å². The van der Waals surface area contributed by atoms with Crippen LogP contribution in [0.5, 0.6) is 0 Å². The smallest absolute Gasteiger partial charge is 0.319 e. The van der Waals surface area contributed by atoms with Crippen molar-refractivity contribution in [1.29, 1.82) is 0 Å². The molecule has 2 N–H and O–H groups in total. The highest BCUT2D eigenvalue weighted by molar-refractivity contribution is 5.89. The maximum absolute atomic E-state index is 11.8. The van der Waals surface area contributed by atoms with E-state index in [9.17, 15) is 4.79 Å². The number of amides is 2. The number of anilines is 1. The second-order valence-electron chi connectivity index (χ2n) is 4.96. The zero-order chi connectivity index (χ0) is 15.2. The summed E-state index contributed by atoms with van der Waals surface area (Å²) < 4.78 is 1.99. The van der Waals surface area contributed by atoms with E-state index in [1.165, 1.54) is 11.3 Å². The third kappa shape index (κ3) is 3.84. The second kappa shape index (κ2) is 6.92. The Kier molecular flexibility index (Phi) is 4.98. The Balaban J connectivity index is 1.84. The van der Waals surface area contributed by atoms with Crippen molar-refractivity contribution in [3.8, 4) is 0 Å². The van der Waals surface area contributed by atoms with Crippen molar-refractivity contribution < 1.29 is 4.79 Å². The van der Waals surface area contributed by atoms with Crippen molar-refractivity contribution >= 4 is 11.7 Å². The maximum Gasteiger partial charge on any atom is 0.319 e. The SMILES string of the molecule is CCn1nc(C)c(CCNC(=O)Nc2ccccc2)c1C. The number of aryl methyl sites for hydroxylation is 2. The molecule has 0 atom stereocenters. The molecule has 1 heterocycles. The third-order valence-electron chi connectivity index (χ3n) is 3.52. The number of hydrogen-bond acceptors (Lipinski definition) is 2. The van der Waals surface area contributed by atoms with Gasteiger partial charge in [0.1, 0.15) is 0 Å². The summed E-state index contributed by atoms with van der Waals surface area (Å²) in [5.74, 6) is 0. The van der Waals surface area contributed by atoms with Crippen LogP contribution in [0.1, 0.15) is 23.9 Å². The van der Waals surface area contributed by atoms with E-state index >= 15 is 0 Å². The van der Waals surface area contributed by atoms with Gasteiger partial charge >= 0.3 is 6.03 Å². The highest BCUT2D eigenvalue weighted by atomic mass is 16.2. The summed E-state index contributed by atoms with van der Waals surface area (Å²) in [7, 11) is 0. The van der Waals surface area contributed by atoms with Crippen molar-refractivity contribution in [2.75, 3.05) is 11.9 Å². The number of para-hydroxylation sites is 1. The van der Waals surface area contributed by atoms with E-state index in [2.05, 4.69) is 29.6 Å². The quantitative estimate of drug-likeness (QED) is 0.888. The summed E-state index contributed by atoms with van der Waals surface area (Å²) in [5, 5.41) is 10.2. The molecule has 0 aliphatic carbocycles. The number of carbonyl (C=O) groups is 1. The Morgan fingerprint density at radius 2 is 1.95 bits per heavy atom. The van der Waals surface area contributed by atoms with Gasteiger partial charge in [0.25, 0.3) is 0 Å². The highest BCUT2D eigenvalue weighted by Crippen LogP contribution is 2.13. The highest BCUT2D eigenvalue weighted by Gasteiger charge is 2.10. The van der Waals surface area contributed by atoms with E-state index < -0.39 is 0 Å². The lowest BCUT2D eigenvalue weighted by atomic mass is 10.1. The van der Waals surface area contributed by atoms with Crippen molar-refractivity contribution in [3.63, 3.8) is 0 Å². The number of rotatable bonds is 5. The van der Waals surface area contributed by atoms with Gasteiger partial charge in [0.05, 0.1) is 5.69 Å². The Morgan fingerprint density at radius 1 is 1.24 bits per heavy atom. The van der Waals surface area contributed by atoms with Crippen LogP contribution in [-0.2, 0) is 13.0 Å². The molecule has 112 valence electrons. The molecule has 1 aromatic heterocycles. The number of carbonyl (C=O) groups excluding carboxylic acids is 1. The van der Waals surface area contributed by atoms with Crippen LogP contribution in [0.3, 0.4) is 0 Å². The zero-order valence-electron chi connectivity index (χ0n) is 12.8. The molecule has 21 heavy (non-hydrogen) atoms. The molecule has 0 radical (unpaired) electrons. The summed E-state index contributed by atoms with van der Waals surface area (Å²) in [6, 6.07) is 9.24. The normalized spacial score (nSPS) is 10.4. The fourth-order valence-electron chi connectivity index (χ4n) is 2.40. The molecular weight excluding hydrogens is 264 g/mol. The van der Waals surface area contributed by atoms with E-state index in [0.717, 1.165) is 24.3 Å². The van der Waals surface area contributed by atoms with Gasteiger partial charge < -0.3 is 10.6 Å². The van der Waals surface area contributed by atoms with E-state index in [-0.39, 0.29) is 6.03 Å². The molecule has 2 amide bonds. The standard InChI is InChI=1S/C16H22N4O/c1-4-20-13(3)15(12(2)19-20)10-11-17-16(21)18-14-8-6-5-7-9-14/h5-9H,4,10-11H2,1-3H3,(H2,17,18,21). The molecule has 5 nitrogen and oxygen atoms in total. The minimum Gasteiger partial charge on any atom is -0.338 e. The second-order valence-corrected chi connectivity index (χ2v) is 4.96. The van der Waals surface area contributed by atoms with E-state index in [1.807, 2.05) is 41.9 Å². The number of aromatic nitrogens is 2. The molecule has 1 aromatic carbocycles. The number of hydrogen-bond donors (Lipinski definition) is 2. The Bertz CT molecular complexity index is 604. The van der Waals surface area contributed by atoms with Crippen LogP contribution < -0.4 is 10.6 Å². The molecule has 0 aliphatic rings. The molecule has 0 aliphatic heterocycles. The molecule has 0 unspecified atom stereocenters. The van der Waals surface area contributed by atoms with Gasteiger partial charge in [0.2, 0.25) is 0 Å². The van der Waals surface area contributed by atoms with Crippen LogP contribution >= 0.6 is 0 Å². The van der Waals surface area contributed by atoms with Gasteiger partial charge in [0, 0.05) is 24.5 Å². The van der Waals surface area contributed by atoms with Gasteiger partial charge in [-0.15, -0.1) is 0 Å². The van der Waals surface area contributed by atoms with Crippen LogP contribution in [0.25, 0.3) is 0 Å². The summed E-state index contributed by atoms with van der Waals surface area (Å²) >= 11 is 0. The summed E-state index contributed by atoms with van der Waals surface area (Å²) in [6.45, 7) is 7.63. The molecule has 0 bridgehead atoms. The van der Waals surface area contributed by atoms with Gasteiger partial charge in [-0.2, -0.15) is 5.10 Å².